The van der Waals surface area contributed by atoms with Crippen molar-refractivity contribution >= 4 is 17.6 Å². The number of methoxy groups -OCH3 is 1. The van der Waals surface area contributed by atoms with E-state index in [0.29, 0.717) is 5.75 Å². The minimum atomic E-state index is -0.637. The highest BCUT2D eigenvalue weighted by Crippen LogP contribution is 2.24. The van der Waals surface area contributed by atoms with Crippen molar-refractivity contribution in [3.8, 4) is 5.75 Å². The first kappa shape index (κ1) is 21.1. The number of hydrogen-bond donors (Lipinski definition) is 1. The van der Waals surface area contributed by atoms with Gasteiger partial charge in [0.05, 0.1) is 12.8 Å². The summed E-state index contributed by atoms with van der Waals surface area (Å²) in [6.45, 7) is 6.61. The van der Waals surface area contributed by atoms with E-state index in [0.717, 1.165) is 0 Å². The zero-order valence-corrected chi connectivity index (χ0v) is 17.7. The van der Waals surface area contributed by atoms with Crippen LogP contribution in [-0.2, 0) is 23.9 Å². The van der Waals surface area contributed by atoms with Gasteiger partial charge in [-0.2, -0.15) is 10.2 Å². The SMILES string of the molecule is COC(=O)c1nn(C)cc1NC(=O)c1ccn(COc2ccc(C(C)(C)C)cc2)n1. The van der Waals surface area contributed by atoms with Gasteiger partial charge < -0.3 is 14.8 Å². The molecule has 0 aliphatic heterocycles. The summed E-state index contributed by atoms with van der Waals surface area (Å²) in [6, 6.07) is 9.45. The Labute approximate surface area is 174 Å². The Morgan fingerprint density at radius 1 is 1.10 bits per heavy atom. The van der Waals surface area contributed by atoms with Gasteiger partial charge in [0, 0.05) is 19.4 Å². The largest absolute Gasteiger partial charge is 0.471 e. The molecule has 0 atom stereocenters. The number of aromatic nitrogens is 4. The predicted octanol–water partition coefficient (Wildman–Crippen LogP) is 2.99. The van der Waals surface area contributed by atoms with Crippen LogP contribution in [0.5, 0.6) is 5.75 Å². The Morgan fingerprint density at radius 2 is 1.80 bits per heavy atom. The molecule has 1 amide bonds. The zero-order chi connectivity index (χ0) is 21.9. The number of amides is 1. The smallest absolute Gasteiger partial charge is 0.360 e. The second-order valence-corrected chi connectivity index (χ2v) is 7.80. The number of esters is 1. The maximum Gasteiger partial charge on any atom is 0.360 e. The summed E-state index contributed by atoms with van der Waals surface area (Å²) in [7, 11) is 2.89. The van der Waals surface area contributed by atoms with E-state index in [2.05, 4.69) is 41.0 Å². The van der Waals surface area contributed by atoms with Crippen LogP contribution in [0.4, 0.5) is 5.69 Å². The molecule has 0 aliphatic carbocycles. The monoisotopic (exact) mass is 411 g/mol. The number of rotatable bonds is 6. The van der Waals surface area contributed by atoms with Crippen molar-refractivity contribution in [1.29, 1.82) is 0 Å². The molecular formula is C21H25N5O4. The van der Waals surface area contributed by atoms with Crippen LogP contribution in [0.1, 0.15) is 47.3 Å². The quantitative estimate of drug-likeness (QED) is 0.626. The van der Waals surface area contributed by atoms with Crippen LogP contribution in [0, 0.1) is 0 Å². The van der Waals surface area contributed by atoms with Gasteiger partial charge in [-0.1, -0.05) is 32.9 Å². The van der Waals surface area contributed by atoms with E-state index in [-0.39, 0.29) is 29.2 Å². The summed E-state index contributed by atoms with van der Waals surface area (Å²) < 4.78 is 13.3. The van der Waals surface area contributed by atoms with E-state index in [1.165, 1.54) is 28.2 Å². The second kappa shape index (κ2) is 8.40. The van der Waals surface area contributed by atoms with Gasteiger partial charge >= 0.3 is 5.97 Å². The van der Waals surface area contributed by atoms with Gasteiger partial charge in [0.2, 0.25) is 0 Å². The number of benzene rings is 1. The van der Waals surface area contributed by atoms with Crippen molar-refractivity contribution in [2.45, 2.75) is 32.9 Å². The fourth-order valence-electron chi connectivity index (χ4n) is 2.76. The molecule has 0 spiro atoms. The molecule has 9 nitrogen and oxygen atoms in total. The first-order valence-corrected chi connectivity index (χ1v) is 9.37. The first-order chi connectivity index (χ1) is 14.2. The van der Waals surface area contributed by atoms with Gasteiger partial charge in [0.25, 0.3) is 5.91 Å². The fraction of sp³-hybridized carbons (Fsp3) is 0.333. The van der Waals surface area contributed by atoms with Crippen LogP contribution in [0.15, 0.2) is 42.7 Å². The van der Waals surface area contributed by atoms with Gasteiger partial charge in [-0.25, -0.2) is 9.48 Å². The van der Waals surface area contributed by atoms with Gasteiger partial charge in [0.1, 0.15) is 5.75 Å². The average Bonchev–Trinajstić information content (AvgIpc) is 3.32. The van der Waals surface area contributed by atoms with Crippen LogP contribution in [0.2, 0.25) is 0 Å². The first-order valence-electron chi connectivity index (χ1n) is 9.37. The van der Waals surface area contributed by atoms with E-state index in [4.69, 9.17) is 4.74 Å². The lowest BCUT2D eigenvalue weighted by Gasteiger charge is -2.19. The number of hydrogen-bond acceptors (Lipinski definition) is 6. The molecule has 0 bridgehead atoms. The number of ether oxygens (including phenoxy) is 2. The van der Waals surface area contributed by atoms with E-state index < -0.39 is 11.9 Å². The normalized spacial score (nSPS) is 11.2. The Kier molecular flexibility index (Phi) is 5.91. The Bertz CT molecular complexity index is 1040. The highest BCUT2D eigenvalue weighted by Gasteiger charge is 2.20. The summed E-state index contributed by atoms with van der Waals surface area (Å²) in [6.07, 6.45) is 3.16. The fourth-order valence-corrected chi connectivity index (χ4v) is 2.76. The molecule has 3 aromatic rings. The zero-order valence-electron chi connectivity index (χ0n) is 17.7. The van der Waals surface area contributed by atoms with Gasteiger partial charge in [-0.05, 0) is 29.2 Å². The van der Waals surface area contributed by atoms with Crippen LogP contribution < -0.4 is 10.1 Å². The lowest BCUT2D eigenvalue weighted by Crippen LogP contribution is -2.16. The lowest BCUT2D eigenvalue weighted by molar-refractivity contribution is 0.0594. The summed E-state index contributed by atoms with van der Waals surface area (Å²) in [5, 5.41) is 10.8. The number of nitrogens with one attached hydrogen (secondary N) is 1. The topological polar surface area (TPSA) is 100 Å². The molecule has 0 saturated heterocycles. The Morgan fingerprint density at radius 3 is 2.43 bits per heavy atom. The van der Waals surface area contributed by atoms with Crippen LogP contribution in [0.3, 0.4) is 0 Å². The molecule has 0 aliphatic rings. The molecular weight excluding hydrogens is 386 g/mol. The van der Waals surface area contributed by atoms with Crippen molar-refractivity contribution in [3.05, 3.63) is 59.7 Å². The third kappa shape index (κ3) is 4.86. The van der Waals surface area contributed by atoms with Crippen LogP contribution in [0.25, 0.3) is 0 Å². The third-order valence-electron chi connectivity index (χ3n) is 4.41. The van der Waals surface area contributed by atoms with Gasteiger partial charge in [0.15, 0.2) is 18.1 Å². The lowest BCUT2D eigenvalue weighted by atomic mass is 9.87. The number of aryl methyl sites for hydroxylation is 1. The highest BCUT2D eigenvalue weighted by atomic mass is 16.5. The predicted molar refractivity (Wildman–Crippen MR) is 110 cm³/mol. The van der Waals surface area contributed by atoms with Gasteiger partial charge in [-0.15, -0.1) is 0 Å². The molecule has 2 heterocycles. The van der Waals surface area contributed by atoms with E-state index in [9.17, 15) is 9.59 Å². The molecule has 9 heteroatoms. The molecule has 3 rings (SSSR count). The van der Waals surface area contributed by atoms with E-state index in [1.807, 2.05) is 24.3 Å². The average molecular weight is 411 g/mol. The van der Waals surface area contributed by atoms with Crippen LogP contribution >= 0.6 is 0 Å². The number of nitrogens with zero attached hydrogens (tertiary/aromatic N) is 4. The van der Waals surface area contributed by atoms with Crippen LogP contribution in [-0.4, -0.2) is 38.5 Å². The maximum atomic E-state index is 12.5. The Hall–Kier alpha value is -3.62. The molecule has 1 N–H and O–H groups in total. The standard InChI is InChI=1S/C21H25N5O4/c1-21(2,3)14-6-8-15(9-7-14)30-13-26-11-10-16(23-26)19(27)22-17-12-25(4)24-18(17)20(28)29-5/h6-12H,13H2,1-5H3,(H,22,27). The minimum absolute atomic E-state index is 0.0230. The number of carbonyl (C=O) groups excluding carboxylic acids is 2. The summed E-state index contributed by atoms with van der Waals surface area (Å²) in [4.78, 5) is 24.3. The minimum Gasteiger partial charge on any atom is -0.471 e. The molecule has 0 saturated carbocycles. The van der Waals surface area contributed by atoms with Gasteiger partial charge in [-0.3, -0.25) is 9.48 Å². The maximum absolute atomic E-state index is 12.5. The van der Waals surface area contributed by atoms with Crippen molar-refractivity contribution in [3.63, 3.8) is 0 Å². The van der Waals surface area contributed by atoms with E-state index in [1.54, 1.807) is 19.3 Å². The van der Waals surface area contributed by atoms with Crippen molar-refractivity contribution in [1.82, 2.24) is 19.6 Å². The van der Waals surface area contributed by atoms with Crippen molar-refractivity contribution < 1.29 is 19.1 Å². The summed E-state index contributed by atoms with van der Waals surface area (Å²) in [5.74, 6) is -0.397. The van der Waals surface area contributed by atoms with Crippen molar-refractivity contribution in [2.24, 2.45) is 7.05 Å². The summed E-state index contributed by atoms with van der Waals surface area (Å²) in [5.41, 5.74) is 1.75. The molecule has 0 radical (unpaired) electrons. The molecule has 0 fully saturated rings. The molecule has 158 valence electrons. The summed E-state index contributed by atoms with van der Waals surface area (Å²) >= 11 is 0. The molecule has 30 heavy (non-hydrogen) atoms. The molecule has 2 aromatic heterocycles. The number of carbonyl (C=O) groups is 2. The number of anilines is 1. The molecule has 0 unspecified atom stereocenters. The van der Waals surface area contributed by atoms with E-state index >= 15 is 0 Å². The van der Waals surface area contributed by atoms with Crippen molar-refractivity contribution in [2.75, 3.05) is 12.4 Å². The Balaban J connectivity index is 1.62. The third-order valence-corrected chi connectivity index (χ3v) is 4.41. The highest BCUT2D eigenvalue weighted by molar-refractivity contribution is 6.06. The second-order valence-electron chi connectivity index (χ2n) is 7.80. The molecule has 1 aromatic carbocycles.